The summed E-state index contributed by atoms with van der Waals surface area (Å²) in [6.07, 6.45) is 2.02. The number of nitrogens with one attached hydrogen (secondary N) is 1. The number of nitro benzene ring substituents is 1. The second-order valence-corrected chi connectivity index (χ2v) is 8.30. The van der Waals surface area contributed by atoms with E-state index in [0.717, 1.165) is 17.0 Å². The molecule has 2 aromatic carbocycles. The van der Waals surface area contributed by atoms with Crippen LogP contribution in [0.2, 0.25) is 5.02 Å². The van der Waals surface area contributed by atoms with E-state index in [1.54, 1.807) is 12.1 Å². The largest absolute Gasteiger partial charge is 0.442 e. The van der Waals surface area contributed by atoms with Crippen LogP contribution in [-0.2, 0) is 9.53 Å². The summed E-state index contributed by atoms with van der Waals surface area (Å²) in [7, 11) is 0. The predicted molar refractivity (Wildman–Crippen MR) is 120 cm³/mol. The van der Waals surface area contributed by atoms with Gasteiger partial charge in [-0.05, 0) is 36.6 Å². The molecule has 0 bridgehead atoms. The molecule has 172 valence electrons. The van der Waals surface area contributed by atoms with Crippen LogP contribution in [0.1, 0.15) is 37.5 Å². The first-order valence-electron chi connectivity index (χ1n) is 9.60. The lowest BCUT2D eigenvalue weighted by molar-refractivity contribution is -0.384. The standard InChI is InChI=1S/C21H18ClN3O7S/c1-33-9-8-17(23-18(26)15-7-6-12(25(30)31)10-16(15)22)21(29)32-11-24-19(27)13-4-2-3-5-14(13)20(24)28/h2-7,10,17H,8-9,11H2,1H3,(H,23,26)/t17-/m0/s1. The first-order chi connectivity index (χ1) is 15.7. The van der Waals surface area contributed by atoms with Gasteiger partial charge in [0.1, 0.15) is 6.04 Å². The first-order valence-corrected chi connectivity index (χ1v) is 11.4. The third-order valence-corrected chi connectivity index (χ3v) is 5.78. The molecule has 0 unspecified atom stereocenters. The third kappa shape index (κ3) is 5.32. The molecule has 1 N–H and O–H groups in total. The van der Waals surface area contributed by atoms with Crippen LogP contribution in [0.4, 0.5) is 5.69 Å². The van der Waals surface area contributed by atoms with Crippen LogP contribution in [-0.4, -0.2) is 58.3 Å². The molecular weight excluding hydrogens is 474 g/mol. The fraction of sp³-hybridized carbons (Fsp3) is 0.238. The van der Waals surface area contributed by atoms with Gasteiger partial charge in [0, 0.05) is 12.1 Å². The first kappa shape index (κ1) is 24.2. The Labute approximate surface area is 197 Å². The van der Waals surface area contributed by atoms with Crippen LogP contribution in [0.5, 0.6) is 0 Å². The number of imide groups is 1. The summed E-state index contributed by atoms with van der Waals surface area (Å²) in [5.74, 6) is -2.22. The van der Waals surface area contributed by atoms with Crippen molar-refractivity contribution in [1.29, 1.82) is 0 Å². The summed E-state index contributed by atoms with van der Waals surface area (Å²) < 4.78 is 5.17. The minimum absolute atomic E-state index is 0.0513. The minimum atomic E-state index is -1.09. The van der Waals surface area contributed by atoms with Crippen molar-refractivity contribution < 1.29 is 28.8 Å². The van der Waals surface area contributed by atoms with Gasteiger partial charge in [-0.25, -0.2) is 9.69 Å². The van der Waals surface area contributed by atoms with Gasteiger partial charge < -0.3 is 10.1 Å². The molecule has 0 aromatic heterocycles. The van der Waals surface area contributed by atoms with E-state index in [-0.39, 0.29) is 33.8 Å². The Hall–Kier alpha value is -3.44. The van der Waals surface area contributed by atoms with Gasteiger partial charge in [-0.15, -0.1) is 0 Å². The molecule has 1 aliphatic heterocycles. The number of thioether (sulfide) groups is 1. The number of benzene rings is 2. The quantitative estimate of drug-likeness (QED) is 0.245. The summed E-state index contributed by atoms with van der Waals surface area (Å²) in [5, 5.41) is 13.2. The minimum Gasteiger partial charge on any atom is -0.442 e. The SMILES string of the molecule is CSCC[C@H](NC(=O)c1ccc([N+](=O)[O-])cc1Cl)C(=O)OCN1C(=O)c2ccccc2C1=O. The van der Waals surface area contributed by atoms with Gasteiger partial charge in [0.15, 0.2) is 6.73 Å². The zero-order chi connectivity index (χ0) is 24.1. The molecule has 0 saturated carbocycles. The number of rotatable bonds is 9. The number of carbonyl (C=O) groups excluding carboxylic acids is 4. The molecule has 10 nitrogen and oxygen atoms in total. The number of hydrogen-bond donors (Lipinski definition) is 1. The molecule has 0 spiro atoms. The highest BCUT2D eigenvalue weighted by Gasteiger charge is 2.36. The Kier molecular flexibility index (Phi) is 7.67. The second-order valence-electron chi connectivity index (χ2n) is 6.91. The van der Waals surface area contributed by atoms with E-state index in [9.17, 15) is 29.3 Å². The summed E-state index contributed by atoms with van der Waals surface area (Å²) in [6, 6.07) is 8.51. The van der Waals surface area contributed by atoms with Crippen LogP contribution in [0.15, 0.2) is 42.5 Å². The van der Waals surface area contributed by atoms with E-state index in [1.165, 1.54) is 30.0 Å². The van der Waals surface area contributed by atoms with Crippen LogP contribution >= 0.6 is 23.4 Å². The van der Waals surface area contributed by atoms with Gasteiger partial charge >= 0.3 is 5.97 Å². The summed E-state index contributed by atoms with van der Waals surface area (Å²) in [6.45, 7) is -0.602. The summed E-state index contributed by atoms with van der Waals surface area (Å²) in [4.78, 5) is 61.2. The van der Waals surface area contributed by atoms with Gasteiger partial charge in [-0.1, -0.05) is 23.7 Å². The van der Waals surface area contributed by atoms with Gasteiger partial charge in [0.2, 0.25) is 0 Å². The van der Waals surface area contributed by atoms with Gasteiger partial charge in [-0.2, -0.15) is 11.8 Å². The topological polar surface area (TPSA) is 136 Å². The molecule has 0 saturated heterocycles. The van der Waals surface area contributed by atoms with Crippen molar-refractivity contribution in [3.8, 4) is 0 Å². The van der Waals surface area contributed by atoms with Crippen LogP contribution in [0.25, 0.3) is 0 Å². The maximum absolute atomic E-state index is 12.7. The number of nitrogens with zero attached hydrogens (tertiary/aromatic N) is 2. The second kappa shape index (κ2) is 10.5. The number of fused-ring (bicyclic) bond motifs is 1. The van der Waals surface area contributed by atoms with E-state index in [4.69, 9.17) is 16.3 Å². The van der Waals surface area contributed by atoms with E-state index in [2.05, 4.69) is 5.32 Å². The van der Waals surface area contributed by atoms with E-state index >= 15 is 0 Å². The lowest BCUT2D eigenvalue weighted by Crippen LogP contribution is -2.44. The number of halogens is 1. The fourth-order valence-corrected chi connectivity index (χ4v) is 3.84. The van der Waals surface area contributed by atoms with Gasteiger partial charge in [0.05, 0.1) is 26.6 Å². The number of amides is 3. The molecule has 1 aliphatic rings. The van der Waals surface area contributed by atoms with Crippen molar-refractivity contribution in [2.45, 2.75) is 12.5 Å². The zero-order valence-electron chi connectivity index (χ0n) is 17.3. The molecular formula is C21H18ClN3O7S. The molecule has 1 heterocycles. The summed E-state index contributed by atoms with van der Waals surface area (Å²) in [5.41, 5.74) is 0.109. The van der Waals surface area contributed by atoms with Crippen molar-refractivity contribution in [2.75, 3.05) is 18.7 Å². The van der Waals surface area contributed by atoms with Crippen LogP contribution in [0, 0.1) is 10.1 Å². The van der Waals surface area contributed by atoms with Crippen molar-refractivity contribution in [1.82, 2.24) is 10.2 Å². The Morgan fingerprint density at radius 3 is 2.36 bits per heavy atom. The molecule has 1 atom stereocenters. The van der Waals surface area contributed by atoms with Crippen molar-refractivity contribution >= 4 is 52.7 Å². The predicted octanol–water partition coefficient (Wildman–Crippen LogP) is 2.90. The molecule has 3 rings (SSSR count). The zero-order valence-corrected chi connectivity index (χ0v) is 18.9. The molecule has 0 radical (unpaired) electrons. The maximum Gasteiger partial charge on any atom is 0.330 e. The molecule has 0 aliphatic carbocycles. The number of esters is 1. The smallest absolute Gasteiger partial charge is 0.330 e. The van der Waals surface area contributed by atoms with Crippen molar-refractivity contribution in [3.05, 3.63) is 74.3 Å². The van der Waals surface area contributed by atoms with Gasteiger partial charge in [0.25, 0.3) is 23.4 Å². The van der Waals surface area contributed by atoms with E-state index in [1.807, 2.05) is 6.26 Å². The fourth-order valence-electron chi connectivity index (χ4n) is 3.11. The number of hydrogen-bond acceptors (Lipinski definition) is 8. The Bertz CT molecular complexity index is 1110. The highest BCUT2D eigenvalue weighted by atomic mass is 35.5. The Balaban J connectivity index is 1.68. The number of ether oxygens (including phenoxy) is 1. The normalized spacial score (nSPS) is 13.5. The molecule has 2 aromatic rings. The molecule has 33 heavy (non-hydrogen) atoms. The average molecular weight is 492 g/mol. The third-order valence-electron chi connectivity index (χ3n) is 4.82. The van der Waals surface area contributed by atoms with Crippen molar-refractivity contribution in [3.63, 3.8) is 0 Å². The maximum atomic E-state index is 12.7. The van der Waals surface area contributed by atoms with E-state index < -0.39 is 41.4 Å². The number of non-ortho nitro benzene ring substituents is 1. The average Bonchev–Trinajstić information content (AvgIpc) is 3.04. The lowest BCUT2D eigenvalue weighted by Gasteiger charge is -2.20. The number of carbonyl (C=O) groups is 4. The van der Waals surface area contributed by atoms with Gasteiger partial charge in [-0.3, -0.25) is 24.5 Å². The van der Waals surface area contributed by atoms with Crippen LogP contribution in [0.3, 0.4) is 0 Å². The van der Waals surface area contributed by atoms with Crippen molar-refractivity contribution in [2.24, 2.45) is 0 Å². The monoisotopic (exact) mass is 491 g/mol. The Morgan fingerprint density at radius 1 is 1.18 bits per heavy atom. The molecule has 0 fully saturated rings. The molecule has 3 amide bonds. The van der Waals surface area contributed by atoms with E-state index in [0.29, 0.717) is 5.75 Å². The summed E-state index contributed by atoms with van der Waals surface area (Å²) >= 11 is 7.43. The Morgan fingerprint density at radius 2 is 1.82 bits per heavy atom. The number of nitro groups is 1. The lowest BCUT2D eigenvalue weighted by atomic mass is 10.1. The highest BCUT2D eigenvalue weighted by Crippen LogP contribution is 2.24. The van der Waals surface area contributed by atoms with Crippen LogP contribution < -0.4 is 5.32 Å². The highest BCUT2D eigenvalue weighted by molar-refractivity contribution is 7.98. The molecule has 12 heteroatoms.